The van der Waals surface area contributed by atoms with E-state index in [0.717, 1.165) is 23.1 Å². The summed E-state index contributed by atoms with van der Waals surface area (Å²) >= 11 is 0. The molecule has 2 fully saturated rings. The van der Waals surface area contributed by atoms with Crippen molar-refractivity contribution < 1.29 is 27.5 Å². The average molecular weight is 569 g/mol. The van der Waals surface area contributed by atoms with Gasteiger partial charge in [-0.15, -0.1) is 0 Å². The van der Waals surface area contributed by atoms with Crippen LogP contribution >= 0.6 is 0 Å². The summed E-state index contributed by atoms with van der Waals surface area (Å²) in [6.45, 7) is 6.95. The minimum Gasteiger partial charge on any atom is -0.444 e. The maximum absolute atomic E-state index is 13.3. The number of rotatable bonds is 8. The molecular weight excluding hydrogens is 532 g/mol. The van der Waals surface area contributed by atoms with Crippen molar-refractivity contribution >= 4 is 22.0 Å². The van der Waals surface area contributed by atoms with Gasteiger partial charge in [-0.1, -0.05) is 36.4 Å². The van der Waals surface area contributed by atoms with Gasteiger partial charge in [0, 0.05) is 45.6 Å². The first-order chi connectivity index (χ1) is 18.9. The Labute approximate surface area is 235 Å². The van der Waals surface area contributed by atoms with E-state index in [-0.39, 0.29) is 24.2 Å². The number of alkyl carbamates (subject to hydrolysis) is 1. The molecule has 2 aromatic carbocycles. The van der Waals surface area contributed by atoms with E-state index in [1.54, 1.807) is 45.0 Å². The summed E-state index contributed by atoms with van der Waals surface area (Å²) in [4.78, 5) is 26.1. The standard InChI is InChI=1S/C29H36N4O6S/c1-28(2,3)39-27(35)32-29(13-17-38-18-14-29)26(34)31-24(20-30)19-21-5-7-22(8-6-21)23-9-11-25(12-10-23)40(36,37)33-15-4-16-33/h5-12,24H,4,13-19H2,1-3H3,(H,31,34)(H,32,35). The zero-order chi connectivity index (χ0) is 29.0. The van der Waals surface area contributed by atoms with Gasteiger partial charge in [0.15, 0.2) is 0 Å². The van der Waals surface area contributed by atoms with Gasteiger partial charge in [-0.2, -0.15) is 9.57 Å². The van der Waals surface area contributed by atoms with Crippen LogP contribution in [0.5, 0.6) is 0 Å². The van der Waals surface area contributed by atoms with Crippen molar-refractivity contribution in [3.8, 4) is 17.2 Å². The van der Waals surface area contributed by atoms with Crippen LogP contribution in [-0.4, -0.2) is 68.2 Å². The number of hydrogen-bond acceptors (Lipinski definition) is 7. The SMILES string of the molecule is CC(C)(C)OC(=O)NC1(C(=O)NC(C#N)Cc2ccc(-c3ccc(S(=O)(=O)N4CCC4)cc3)cc2)CCOCC1. The lowest BCUT2D eigenvalue weighted by Crippen LogP contribution is -2.63. The van der Waals surface area contributed by atoms with Gasteiger partial charge < -0.3 is 20.1 Å². The fourth-order valence-corrected chi connectivity index (χ4v) is 6.14. The van der Waals surface area contributed by atoms with Crippen LogP contribution in [0, 0.1) is 11.3 Å². The van der Waals surface area contributed by atoms with Crippen LogP contribution in [0.2, 0.25) is 0 Å². The van der Waals surface area contributed by atoms with Gasteiger partial charge in [0.1, 0.15) is 17.2 Å². The summed E-state index contributed by atoms with van der Waals surface area (Å²) in [5.74, 6) is -0.446. The minimum atomic E-state index is -3.43. The molecule has 1 atom stereocenters. The smallest absolute Gasteiger partial charge is 0.408 e. The summed E-state index contributed by atoms with van der Waals surface area (Å²) in [6, 6.07) is 15.7. The number of amides is 2. The summed E-state index contributed by atoms with van der Waals surface area (Å²) in [5.41, 5.74) is 0.663. The molecule has 2 saturated heterocycles. The van der Waals surface area contributed by atoms with Crippen LogP contribution in [-0.2, 0) is 30.7 Å². The van der Waals surface area contributed by atoms with E-state index in [1.165, 1.54) is 4.31 Å². The number of ether oxygens (including phenoxy) is 2. The number of nitrogens with zero attached hydrogens (tertiary/aromatic N) is 2. The second-order valence-corrected chi connectivity index (χ2v) is 13.1. The summed E-state index contributed by atoms with van der Waals surface area (Å²) < 4.78 is 37.4. The van der Waals surface area contributed by atoms with Crippen LogP contribution in [0.25, 0.3) is 11.1 Å². The predicted molar refractivity (Wildman–Crippen MR) is 149 cm³/mol. The molecule has 214 valence electrons. The van der Waals surface area contributed by atoms with Crippen LogP contribution < -0.4 is 10.6 Å². The first kappa shape index (κ1) is 29.5. The highest BCUT2D eigenvalue weighted by Crippen LogP contribution is 2.26. The molecule has 1 unspecified atom stereocenters. The van der Waals surface area contributed by atoms with Crippen molar-refractivity contribution in [2.75, 3.05) is 26.3 Å². The molecule has 40 heavy (non-hydrogen) atoms. The van der Waals surface area contributed by atoms with E-state index in [1.807, 2.05) is 24.3 Å². The van der Waals surface area contributed by atoms with Crippen LogP contribution in [0.15, 0.2) is 53.4 Å². The lowest BCUT2D eigenvalue weighted by molar-refractivity contribution is -0.132. The predicted octanol–water partition coefficient (Wildman–Crippen LogP) is 3.37. The van der Waals surface area contributed by atoms with Gasteiger partial charge >= 0.3 is 6.09 Å². The van der Waals surface area contributed by atoms with Gasteiger partial charge in [-0.3, -0.25) is 4.79 Å². The number of nitrogens with one attached hydrogen (secondary N) is 2. The maximum atomic E-state index is 13.3. The molecule has 4 rings (SSSR count). The number of benzene rings is 2. The largest absolute Gasteiger partial charge is 0.444 e. The number of carbonyl (C=O) groups is 2. The molecule has 2 amide bonds. The van der Waals surface area contributed by atoms with Gasteiger partial charge in [-0.25, -0.2) is 13.2 Å². The monoisotopic (exact) mass is 568 g/mol. The molecule has 0 radical (unpaired) electrons. The highest BCUT2D eigenvalue weighted by molar-refractivity contribution is 7.89. The highest BCUT2D eigenvalue weighted by Gasteiger charge is 2.43. The Morgan fingerprint density at radius 3 is 2.12 bits per heavy atom. The molecule has 0 bridgehead atoms. The summed E-state index contributed by atoms with van der Waals surface area (Å²) in [5, 5.41) is 15.3. The lowest BCUT2D eigenvalue weighted by atomic mass is 9.88. The first-order valence-corrected chi connectivity index (χ1v) is 14.8. The summed E-state index contributed by atoms with van der Waals surface area (Å²) in [6.07, 6.45) is 0.999. The molecule has 0 spiro atoms. The quantitative estimate of drug-likeness (QED) is 0.498. The van der Waals surface area contributed by atoms with Gasteiger partial charge in [-0.05, 0) is 56.0 Å². The van der Waals surface area contributed by atoms with Crippen molar-refractivity contribution in [3.63, 3.8) is 0 Å². The number of nitriles is 1. The second-order valence-electron chi connectivity index (χ2n) is 11.2. The Morgan fingerprint density at radius 1 is 1.05 bits per heavy atom. The van der Waals surface area contributed by atoms with Gasteiger partial charge in [0.05, 0.1) is 11.0 Å². The molecule has 2 aromatic rings. The van der Waals surface area contributed by atoms with E-state index >= 15 is 0 Å². The molecule has 2 N–H and O–H groups in total. The zero-order valence-corrected chi connectivity index (χ0v) is 23.9. The zero-order valence-electron chi connectivity index (χ0n) is 23.1. The van der Waals surface area contributed by atoms with E-state index < -0.39 is 39.2 Å². The van der Waals surface area contributed by atoms with Crippen molar-refractivity contribution in [1.29, 1.82) is 5.26 Å². The van der Waals surface area contributed by atoms with Crippen molar-refractivity contribution in [3.05, 3.63) is 54.1 Å². The van der Waals surface area contributed by atoms with Gasteiger partial charge in [0.25, 0.3) is 0 Å². The van der Waals surface area contributed by atoms with Crippen LogP contribution in [0.1, 0.15) is 45.6 Å². The van der Waals surface area contributed by atoms with Crippen molar-refractivity contribution in [2.24, 2.45) is 0 Å². The van der Waals surface area contributed by atoms with Crippen LogP contribution in [0.4, 0.5) is 4.79 Å². The minimum absolute atomic E-state index is 0.267. The number of hydrogen-bond donors (Lipinski definition) is 2. The second kappa shape index (κ2) is 12.0. The Kier molecular flexibility index (Phi) is 8.83. The molecule has 2 aliphatic rings. The fourth-order valence-electron chi connectivity index (χ4n) is 4.62. The number of sulfonamides is 1. The molecule has 2 aliphatic heterocycles. The van der Waals surface area contributed by atoms with Crippen molar-refractivity contribution in [1.82, 2.24) is 14.9 Å². The lowest BCUT2D eigenvalue weighted by Gasteiger charge is -2.37. The molecule has 11 heteroatoms. The number of carbonyl (C=O) groups excluding carboxylic acids is 2. The average Bonchev–Trinajstić information content (AvgIpc) is 2.87. The Balaban J connectivity index is 1.40. The molecular formula is C29H36N4O6S. The van der Waals surface area contributed by atoms with Crippen molar-refractivity contribution in [2.45, 2.75) is 68.5 Å². The fraction of sp³-hybridized carbons (Fsp3) is 0.483. The van der Waals surface area contributed by atoms with E-state index in [9.17, 15) is 23.3 Å². The normalized spacial score (nSPS) is 18.1. The Bertz CT molecular complexity index is 1350. The Morgan fingerprint density at radius 2 is 1.62 bits per heavy atom. The van der Waals surface area contributed by atoms with E-state index in [4.69, 9.17) is 9.47 Å². The Hall–Kier alpha value is -3.46. The van der Waals surface area contributed by atoms with E-state index in [0.29, 0.717) is 26.3 Å². The highest BCUT2D eigenvalue weighted by atomic mass is 32.2. The third kappa shape index (κ3) is 6.99. The molecule has 0 saturated carbocycles. The third-order valence-corrected chi connectivity index (χ3v) is 8.93. The molecule has 0 aliphatic carbocycles. The maximum Gasteiger partial charge on any atom is 0.408 e. The first-order valence-electron chi connectivity index (χ1n) is 13.4. The topological polar surface area (TPSA) is 138 Å². The molecule has 2 heterocycles. The van der Waals surface area contributed by atoms with Gasteiger partial charge in [0.2, 0.25) is 15.9 Å². The van der Waals surface area contributed by atoms with E-state index in [2.05, 4.69) is 16.7 Å². The third-order valence-electron chi connectivity index (χ3n) is 7.02. The molecule has 10 nitrogen and oxygen atoms in total. The molecule has 0 aromatic heterocycles. The van der Waals surface area contributed by atoms with Crippen LogP contribution in [0.3, 0.4) is 0 Å². The summed E-state index contributed by atoms with van der Waals surface area (Å²) in [7, 11) is -3.43.